The lowest BCUT2D eigenvalue weighted by Crippen LogP contribution is -2.15. The van der Waals surface area contributed by atoms with Crippen LogP contribution < -0.4 is 0 Å². The maximum atomic E-state index is 2.33. The molecule has 0 nitrogen and oxygen atoms in total. The standard InChI is InChI=1S/C27H36/c1-3-5-23-10-12-25(13-11-23)16-17-27-20-18-26(19-21-27)15-14-24-8-6-22(4-2)7-9-24/h6-9,14-15,18-21,23,25H,3-5,10-13,16-17H2,1-2H3/b15-14+. The summed E-state index contributed by atoms with van der Waals surface area (Å²) in [5, 5.41) is 0. The van der Waals surface area contributed by atoms with Crippen molar-refractivity contribution in [1.82, 2.24) is 0 Å². The van der Waals surface area contributed by atoms with Crippen LogP contribution >= 0.6 is 0 Å². The molecular formula is C27H36. The molecule has 0 saturated heterocycles. The summed E-state index contributed by atoms with van der Waals surface area (Å²) in [6.07, 6.45) is 16.8. The van der Waals surface area contributed by atoms with Gasteiger partial charge in [-0.2, -0.15) is 0 Å². The fourth-order valence-corrected chi connectivity index (χ4v) is 4.44. The lowest BCUT2D eigenvalue weighted by molar-refractivity contribution is 0.252. The normalized spacial score (nSPS) is 20.2. The van der Waals surface area contributed by atoms with E-state index in [1.54, 1.807) is 0 Å². The van der Waals surface area contributed by atoms with E-state index < -0.39 is 0 Å². The Morgan fingerprint density at radius 2 is 1.15 bits per heavy atom. The molecule has 0 heteroatoms. The predicted molar refractivity (Wildman–Crippen MR) is 120 cm³/mol. The van der Waals surface area contributed by atoms with Gasteiger partial charge in [0, 0.05) is 0 Å². The lowest BCUT2D eigenvalue weighted by atomic mass is 9.78. The third-order valence-electron chi connectivity index (χ3n) is 6.34. The van der Waals surface area contributed by atoms with Gasteiger partial charge in [-0.1, -0.05) is 113 Å². The highest BCUT2D eigenvalue weighted by molar-refractivity contribution is 5.69. The Bertz CT molecular complexity index is 682. The first-order valence-electron chi connectivity index (χ1n) is 11.1. The Hall–Kier alpha value is -1.82. The largest absolute Gasteiger partial charge is 0.0654 e. The van der Waals surface area contributed by atoms with Crippen molar-refractivity contribution in [3.05, 3.63) is 70.8 Å². The minimum absolute atomic E-state index is 0.962. The zero-order valence-electron chi connectivity index (χ0n) is 17.3. The zero-order chi connectivity index (χ0) is 18.9. The maximum absolute atomic E-state index is 2.33. The summed E-state index contributed by atoms with van der Waals surface area (Å²) in [6.45, 7) is 4.52. The molecule has 144 valence electrons. The van der Waals surface area contributed by atoms with Crippen molar-refractivity contribution in [1.29, 1.82) is 0 Å². The number of hydrogen-bond acceptors (Lipinski definition) is 0. The van der Waals surface area contributed by atoms with E-state index in [4.69, 9.17) is 0 Å². The SMILES string of the molecule is CCCC1CCC(CCc2ccc(/C=C/c3ccc(CC)cc3)cc2)CC1. The molecule has 0 aromatic heterocycles. The number of benzene rings is 2. The van der Waals surface area contributed by atoms with Crippen molar-refractivity contribution in [3.63, 3.8) is 0 Å². The smallest absolute Gasteiger partial charge is 0.0256 e. The fourth-order valence-electron chi connectivity index (χ4n) is 4.44. The highest BCUT2D eigenvalue weighted by atomic mass is 14.3. The summed E-state index contributed by atoms with van der Waals surface area (Å²) in [7, 11) is 0. The van der Waals surface area contributed by atoms with E-state index in [1.807, 2.05) is 0 Å². The van der Waals surface area contributed by atoms with Gasteiger partial charge in [-0.15, -0.1) is 0 Å². The van der Waals surface area contributed by atoms with Gasteiger partial charge in [-0.05, 0) is 53.4 Å². The van der Waals surface area contributed by atoms with Crippen molar-refractivity contribution in [3.8, 4) is 0 Å². The molecule has 1 aliphatic carbocycles. The molecule has 1 aliphatic rings. The van der Waals surface area contributed by atoms with Crippen molar-refractivity contribution in [2.45, 2.75) is 71.6 Å². The Morgan fingerprint density at radius 1 is 0.667 bits per heavy atom. The van der Waals surface area contributed by atoms with Crippen molar-refractivity contribution >= 4 is 12.2 Å². The minimum Gasteiger partial charge on any atom is -0.0654 e. The molecule has 0 bridgehead atoms. The van der Waals surface area contributed by atoms with E-state index in [0.717, 1.165) is 18.3 Å². The number of hydrogen-bond donors (Lipinski definition) is 0. The molecule has 1 saturated carbocycles. The maximum Gasteiger partial charge on any atom is -0.0256 e. The Morgan fingerprint density at radius 3 is 1.63 bits per heavy atom. The van der Waals surface area contributed by atoms with Gasteiger partial charge in [0.25, 0.3) is 0 Å². The van der Waals surface area contributed by atoms with E-state index in [9.17, 15) is 0 Å². The molecule has 2 aromatic rings. The van der Waals surface area contributed by atoms with E-state index in [0.29, 0.717) is 0 Å². The molecular weight excluding hydrogens is 324 g/mol. The average molecular weight is 361 g/mol. The molecule has 0 spiro atoms. The Balaban J connectivity index is 1.45. The second kappa shape index (κ2) is 10.5. The van der Waals surface area contributed by atoms with E-state index in [2.05, 4.69) is 74.5 Å². The zero-order valence-corrected chi connectivity index (χ0v) is 17.3. The lowest BCUT2D eigenvalue weighted by Gasteiger charge is -2.28. The predicted octanol–water partition coefficient (Wildman–Crippen LogP) is 7.96. The van der Waals surface area contributed by atoms with Crippen LogP contribution in [0.2, 0.25) is 0 Å². The summed E-state index contributed by atoms with van der Waals surface area (Å²) in [5.74, 6) is 1.99. The molecule has 0 N–H and O–H groups in total. The first-order chi connectivity index (χ1) is 13.3. The summed E-state index contributed by atoms with van der Waals surface area (Å²) in [4.78, 5) is 0. The van der Waals surface area contributed by atoms with Gasteiger partial charge in [-0.25, -0.2) is 0 Å². The molecule has 0 heterocycles. The second-order valence-corrected chi connectivity index (χ2v) is 8.38. The molecule has 0 atom stereocenters. The van der Waals surface area contributed by atoms with Gasteiger partial charge in [0.2, 0.25) is 0 Å². The van der Waals surface area contributed by atoms with E-state index >= 15 is 0 Å². The highest BCUT2D eigenvalue weighted by Gasteiger charge is 2.20. The van der Waals surface area contributed by atoms with Crippen LogP contribution in [0.5, 0.6) is 0 Å². The summed E-state index contributed by atoms with van der Waals surface area (Å²) in [6, 6.07) is 18.0. The molecule has 3 rings (SSSR count). The van der Waals surface area contributed by atoms with Crippen LogP contribution in [0, 0.1) is 11.8 Å². The van der Waals surface area contributed by atoms with Crippen molar-refractivity contribution in [2.75, 3.05) is 0 Å². The minimum atomic E-state index is 0.962. The summed E-state index contributed by atoms with van der Waals surface area (Å²) < 4.78 is 0. The van der Waals surface area contributed by atoms with Crippen LogP contribution in [-0.2, 0) is 12.8 Å². The topological polar surface area (TPSA) is 0 Å². The van der Waals surface area contributed by atoms with Gasteiger partial charge in [-0.3, -0.25) is 0 Å². The number of rotatable bonds is 8. The first kappa shape index (κ1) is 19.9. The van der Waals surface area contributed by atoms with Crippen LogP contribution in [0.15, 0.2) is 48.5 Å². The quantitative estimate of drug-likeness (QED) is 0.419. The van der Waals surface area contributed by atoms with Gasteiger partial charge in [0.15, 0.2) is 0 Å². The van der Waals surface area contributed by atoms with Gasteiger partial charge in [0.1, 0.15) is 0 Å². The second-order valence-electron chi connectivity index (χ2n) is 8.38. The molecule has 0 aliphatic heterocycles. The van der Waals surface area contributed by atoms with Crippen molar-refractivity contribution in [2.24, 2.45) is 11.8 Å². The molecule has 2 aromatic carbocycles. The van der Waals surface area contributed by atoms with E-state index in [1.165, 1.54) is 73.6 Å². The van der Waals surface area contributed by atoms with Crippen LogP contribution in [-0.4, -0.2) is 0 Å². The fraction of sp³-hybridized carbons (Fsp3) is 0.481. The number of aryl methyl sites for hydroxylation is 2. The Kier molecular flexibility index (Phi) is 7.75. The van der Waals surface area contributed by atoms with Gasteiger partial charge >= 0.3 is 0 Å². The van der Waals surface area contributed by atoms with Crippen molar-refractivity contribution < 1.29 is 0 Å². The molecule has 27 heavy (non-hydrogen) atoms. The summed E-state index contributed by atoms with van der Waals surface area (Å²) >= 11 is 0. The highest BCUT2D eigenvalue weighted by Crippen LogP contribution is 2.33. The molecule has 0 amide bonds. The molecule has 0 radical (unpaired) electrons. The summed E-state index contributed by atoms with van der Waals surface area (Å²) in [5.41, 5.74) is 5.46. The van der Waals surface area contributed by atoms with E-state index in [-0.39, 0.29) is 0 Å². The van der Waals surface area contributed by atoms with Crippen LogP contribution in [0.3, 0.4) is 0 Å². The van der Waals surface area contributed by atoms with Crippen LogP contribution in [0.4, 0.5) is 0 Å². The monoisotopic (exact) mass is 360 g/mol. The molecule has 1 fully saturated rings. The average Bonchev–Trinajstić information content (AvgIpc) is 2.73. The van der Waals surface area contributed by atoms with Crippen LogP contribution in [0.25, 0.3) is 12.2 Å². The Labute approximate surface area is 166 Å². The van der Waals surface area contributed by atoms with Crippen LogP contribution in [0.1, 0.15) is 81.0 Å². The van der Waals surface area contributed by atoms with Gasteiger partial charge < -0.3 is 0 Å². The van der Waals surface area contributed by atoms with Gasteiger partial charge in [0.05, 0.1) is 0 Å². The first-order valence-corrected chi connectivity index (χ1v) is 11.1. The molecule has 0 unspecified atom stereocenters. The third-order valence-corrected chi connectivity index (χ3v) is 6.34. The third kappa shape index (κ3) is 6.38.